The second-order valence-electron chi connectivity index (χ2n) is 6.79. The number of aromatic nitrogens is 2. The molecule has 0 spiro atoms. The number of aryl methyl sites for hydroxylation is 1. The van der Waals surface area contributed by atoms with Gasteiger partial charge in [-0.15, -0.1) is 11.8 Å². The van der Waals surface area contributed by atoms with Crippen molar-refractivity contribution >= 4 is 23.6 Å². The Morgan fingerprint density at radius 1 is 1.15 bits per heavy atom. The smallest absolute Gasteiger partial charge is 0.255 e. The molecule has 1 aromatic carbocycles. The maximum atomic E-state index is 13.0. The maximum Gasteiger partial charge on any atom is 0.255 e. The average Bonchev–Trinajstić information content (AvgIpc) is 3.10. The van der Waals surface area contributed by atoms with Gasteiger partial charge in [-0.1, -0.05) is 31.1 Å². The lowest BCUT2D eigenvalue weighted by atomic mass is 10.1. The normalized spacial score (nSPS) is 14.7. The van der Waals surface area contributed by atoms with Gasteiger partial charge < -0.3 is 14.3 Å². The Kier molecular flexibility index (Phi) is 6.15. The van der Waals surface area contributed by atoms with E-state index in [1.54, 1.807) is 6.92 Å². The number of hydrogen-bond donors (Lipinski definition) is 0. The summed E-state index contributed by atoms with van der Waals surface area (Å²) >= 11 is 1.51. The lowest BCUT2D eigenvalue weighted by Crippen LogP contribution is -2.51. The summed E-state index contributed by atoms with van der Waals surface area (Å²) in [6.07, 6.45) is 0. The number of piperazine rings is 1. The molecule has 1 aliphatic rings. The summed E-state index contributed by atoms with van der Waals surface area (Å²) in [6.45, 7) is 7.85. The Labute approximate surface area is 163 Å². The van der Waals surface area contributed by atoms with Gasteiger partial charge in [0.05, 0.1) is 11.3 Å². The Morgan fingerprint density at radius 2 is 1.81 bits per heavy atom. The lowest BCUT2D eigenvalue weighted by molar-refractivity contribution is -0.135. The number of benzene rings is 1. The molecule has 144 valence electrons. The number of thioether (sulfide) groups is 1. The number of nitrogens with zero attached hydrogens (tertiary/aromatic N) is 4. The summed E-state index contributed by atoms with van der Waals surface area (Å²) in [7, 11) is 0. The molecule has 0 N–H and O–H groups in total. The van der Waals surface area contributed by atoms with E-state index >= 15 is 0 Å². The highest BCUT2D eigenvalue weighted by molar-refractivity contribution is 7.98. The summed E-state index contributed by atoms with van der Waals surface area (Å²) in [5.74, 6) is 1.79. The van der Waals surface area contributed by atoms with Crippen molar-refractivity contribution in [2.75, 3.05) is 26.2 Å². The molecule has 0 bridgehead atoms. The molecule has 2 aromatic rings. The van der Waals surface area contributed by atoms with E-state index in [2.05, 4.69) is 10.1 Å². The first-order valence-electron chi connectivity index (χ1n) is 9.04. The number of hydrogen-bond acceptors (Lipinski definition) is 6. The van der Waals surface area contributed by atoms with Crippen molar-refractivity contribution in [3.8, 4) is 0 Å². The summed E-state index contributed by atoms with van der Waals surface area (Å²) in [5.41, 5.74) is 0.669. The van der Waals surface area contributed by atoms with E-state index in [-0.39, 0.29) is 17.7 Å². The predicted octanol–water partition coefficient (Wildman–Crippen LogP) is 2.61. The zero-order chi connectivity index (χ0) is 19.4. The van der Waals surface area contributed by atoms with Crippen molar-refractivity contribution in [3.63, 3.8) is 0 Å². The molecule has 1 saturated heterocycles. The SMILES string of the molecule is Cc1noc(CSc2ccccc2C(=O)N2CCN(C(=O)C(C)C)CC2)n1. The molecule has 1 aliphatic heterocycles. The number of carbonyl (C=O) groups excluding carboxylic acids is 2. The predicted molar refractivity (Wildman–Crippen MR) is 102 cm³/mol. The molecular weight excluding hydrogens is 364 g/mol. The van der Waals surface area contributed by atoms with Crippen LogP contribution in [0.1, 0.15) is 35.9 Å². The van der Waals surface area contributed by atoms with Crippen LogP contribution in [0.5, 0.6) is 0 Å². The molecule has 27 heavy (non-hydrogen) atoms. The van der Waals surface area contributed by atoms with Crippen molar-refractivity contribution in [3.05, 3.63) is 41.5 Å². The summed E-state index contributed by atoms with van der Waals surface area (Å²) in [4.78, 5) is 33.9. The number of rotatable bonds is 5. The topological polar surface area (TPSA) is 79.5 Å². The Morgan fingerprint density at radius 3 is 2.44 bits per heavy atom. The minimum Gasteiger partial charge on any atom is -0.339 e. The molecule has 8 heteroatoms. The molecular formula is C19H24N4O3S. The third-order valence-corrected chi connectivity index (χ3v) is 5.47. The second kappa shape index (κ2) is 8.56. The molecule has 0 unspecified atom stereocenters. The largest absolute Gasteiger partial charge is 0.339 e. The Bertz CT molecular complexity index is 813. The first-order chi connectivity index (χ1) is 13.0. The van der Waals surface area contributed by atoms with Crippen LogP contribution in [0.3, 0.4) is 0 Å². The second-order valence-corrected chi connectivity index (χ2v) is 7.81. The van der Waals surface area contributed by atoms with E-state index in [1.165, 1.54) is 11.8 Å². The third kappa shape index (κ3) is 4.68. The standard InChI is InChI=1S/C19H24N4O3S/c1-13(2)18(24)22-8-10-23(11-9-22)19(25)15-6-4-5-7-16(15)27-12-17-20-14(3)21-26-17/h4-7,13H,8-12H2,1-3H3. The highest BCUT2D eigenvalue weighted by atomic mass is 32.2. The van der Waals surface area contributed by atoms with Gasteiger partial charge in [-0.2, -0.15) is 4.98 Å². The quantitative estimate of drug-likeness (QED) is 0.733. The summed E-state index contributed by atoms with van der Waals surface area (Å²) in [6, 6.07) is 7.55. The van der Waals surface area contributed by atoms with Gasteiger partial charge in [-0.25, -0.2) is 0 Å². The highest BCUT2D eigenvalue weighted by Gasteiger charge is 2.27. The van der Waals surface area contributed by atoms with Crippen LogP contribution in [0.4, 0.5) is 0 Å². The van der Waals surface area contributed by atoms with Crippen molar-refractivity contribution < 1.29 is 14.1 Å². The van der Waals surface area contributed by atoms with Crippen molar-refractivity contribution in [1.29, 1.82) is 0 Å². The molecule has 2 amide bonds. The fourth-order valence-electron chi connectivity index (χ4n) is 2.97. The molecule has 0 aliphatic carbocycles. The first kappa shape index (κ1) is 19.4. The Balaban J connectivity index is 1.64. The zero-order valence-corrected chi connectivity index (χ0v) is 16.7. The van der Waals surface area contributed by atoms with Crippen LogP contribution in [0.2, 0.25) is 0 Å². The van der Waals surface area contributed by atoms with Gasteiger partial charge in [-0.05, 0) is 19.1 Å². The molecule has 0 saturated carbocycles. The first-order valence-corrected chi connectivity index (χ1v) is 10.0. The minimum absolute atomic E-state index is 0.00328. The van der Waals surface area contributed by atoms with Crippen LogP contribution in [-0.4, -0.2) is 57.9 Å². The molecule has 0 atom stereocenters. The van der Waals surface area contributed by atoms with Crippen molar-refractivity contribution in [2.45, 2.75) is 31.4 Å². The Hall–Kier alpha value is -2.35. The van der Waals surface area contributed by atoms with Gasteiger partial charge in [-0.3, -0.25) is 9.59 Å². The van der Waals surface area contributed by atoms with E-state index in [0.29, 0.717) is 49.2 Å². The minimum atomic E-state index is -0.0160. The highest BCUT2D eigenvalue weighted by Crippen LogP contribution is 2.27. The monoisotopic (exact) mass is 388 g/mol. The fraction of sp³-hybridized carbons (Fsp3) is 0.474. The van der Waals surface area contributed by atoms with Gasteiger partial charge in [0.25, 0.3) is 5.91 Å². The van der Waals surface area contributed by atoms with Gasteiger partial charge in [0, 0.05) is 37.0 Å². The molecule has 1 fully saturated rings. The zero-order valence-electron chi connectivity index (χ0n) is 15.8. The summed E-state index contributed by atoms with van der Waals surface area (Å²) < 4.78 is 5.14. The van der Waals surface area contributed by atoms with Gasteiger partial charge in [0.2, 0.25) is 11.8 Å². The van der Waals surface area contributed by atoms with Crippen molar-refractivity contribution in [1.82, 2.24) is 19.9 Å². The number of amides is 2. The fourth-order valence-corrected chi connectivity index (χ4v) is 3.85. The molecule has 7 nitrogen and oxygen atoms in total. The van der Waals surface area contributed by atoms with E-state index in [9.17, 15) is 9.59 Å². The molecule has 1 aromatic heterocycles. The van der Waals surface area contributed by atoms with E-state index in [0.717, 1.165) is 4.90 Å². The van der Waals surface area contributed by atoms with Crippen LogP contribution in [0.25, 0.3) is 0 Å². The maximum absolute atomic E-state index is 13.0. The van der Waals surface area contributed by atoms with Crippen LogP contribution in [0.15, 0.2) is 33.7 Å². The lowest BCUT2D eigenvalue weighted by Gasteiger charge is -2.35. The van der Waals surface area contributed by atoms with Crippen LogP contribution in [0, 0.1) is 12.8 Å². The van der Waals surface area contributed by atoms with Crippen LogP contribution >= 0.6 is 11.8 Å². The van der Waals surface area contributed by atoms with Gasteiger partial charge >= 0.3 is 0 Å². The van der Waals surface area contributed by atoms with E-state index in [1.807, 2.05) is 47.9 Å². The number of carbonyl (C=O) groups is 2. The molecule has 2 heterocycles. The van der Waals surface area contributed by atoms with Crippen LogP contribution < -0.4 is 0 Å². The van der Waals surface area contributed by atoms with E-state index < -0.39 is 0 Å². The van der Waals surface area contributed by atoms with Crippen LogP contribution in [-0.2, 0) is 10.5 Å². The third-order valence-electron chi connectivity index (χ3n) is 4.41. The van der Waals surface area contributed by atoms with E-state index in [4.69, 9.17) is 4.52 Å². The summed E-state index contributed by atoms with van der Waals surface area (Å²) in [5, 5.41) is 3.79. The molecule has 0 radical (unpaired) electrons. The van der Waals surface area contributed by atoms with Gasteiger partial charge in [0.15, 0.2) is 5.82 Å². The van der Waals surface area contributed by atoms with Crippen molar-refractivity contribution in [2.24, 2.45) is 5.92 Å². The average molecular weight is 388 g/mol. The molecule has 3 rings (SSSR count). The van der Waals surface area contributed by atoms with Gasteiger partial charge in [0.1, 0.15) is 0 Å².